The maximum absolute atomic E-state index is 12.7. The zero-order chi connectivity index (χ0) is 17.7. The molecular formula is C20H31ClN2O3. The first-order valence-electron chi connectivity index (χ1n) is 9.55. The number of hydrogen-bond donors (Lipinski definition) is 2. The number of rotatable bonds is 6. The number of fused-ring (bicyclic) bond motifs is 1. The molecule has 0 saturated heterocycles. The molecule has 1 unspecified atom stereocenters. The van der Waals surface area contributed by atoms with Gasteiger partial charge in [0.05, 0.1) is 6.04 Å². The van der Waals surface area contributed by atoms with Crippen LogP contribution in [0.25, 0.3) is 0 Å². The first-order valence-corrected chi connectivity index (χ1v) is 9.55. The van der Waals surface area contributed by atoms with Crippen molar-refractivity contribution in [1.82, 2.24) is 5.32 Å². The molecular weight excluding hydrogens is 352 g/mol. The highest BCUT2D eigenvalue weighted by molar-refractivity contribution is 5.85. The van der Waals surface area contributed by atoms with E-state index in [-0.39, 0.29) is 29.8 Å². The molecule has 5 nitrogen and oxygen atoms in total. The molecule has 0 radical (unpaired) electrons. The summed E-state index contributed by atoms with van der Waals surface area (Å²) in [5.74, 6) is 1.65. The Morgan fingerprint density at radius 1 is 1.19 bits per heavy atom. The molecule has 3 N–H and O–H groups in total. The smallest absolute Gasteiger partial charge is 0.221 e. The normalized spacial score (nSPS) is 19.2. The monoisotopic (exact) mass is 382 g/mol. The van der Waals surface area contributed by atoms with E-state index in [1.165, 1.54) is 19.3 Å². The predicted molar refractivity (Wildman–Crippen MR) is 105 cm³/mol. The van der Waals surface area contributed by atoms with Crippen LogP contribution < -0.4 is 20.5 Å². The van der Waals surface area contributed by atoms with Crippen molar-refractivity contribution in [3.8, 4) is 11.5 Å². The molecule has 1 aromatic carbocycles. The minimum Gasteiger partial charge on any atom is -0.486 e. The topological polar surface area (TPSA) is 73.6 Å². The maximum Gasteiger partial charge on any atom is 0.221 e. The van der Waals surface area contributed by atoms with Crippen molar-refractivity contribution in [2.24, 2.45) is 11.1 Å². The van der Waals surface area contributed by atoms with Crippen LogP contribution in [0.5, 0.6) is 11.5 Å². The number of halogens is 1. The fraction of sp³-hybridized carbons (Fsp3) is 0.650. The number of carbonyl (C=O) groups is 1. The van der Waals surface area contributed by atoms with Crippen LogP contribution in [0.2, 0.25) is 0 Å². The quantitative estimate of drug-likeness (QED) is 0.785. The van der Waals surface area contributed by atoms with Gasteiger partial charge in [-0.3, -0.25) is 4.79 Å². The number of carbonyl (C=O) groups excluding carboxylic acids is 1. The maximum atomic E-state index is 12.7. The van der Waals surface area contributed by atoms with Crippen LogP contribution in [0.3, 0.4) is 0 Å². The van der Waals surface area contributed by atoms with Gasteiger partial charge in [-0.25, -0.2) is 0 Å². The molecule has 1 saturated carbocycles. The molecule has 3 rings (SSSR count). The molecule has 1 atom stereocenters. The molecule has 1 aliphatic heterocycles. The van der Waals surface area contributed by atoms with Gasteiger partial charge in [0, 0.05) is 6.42 Å². The predicted octanol–water partition coefficient (Wildman–Crippen LogP) is 3.75. The lowest BCUT2D eigenvalue weighted by Gasteiger charge is -2.36. The second-order valence-electron chi connectivity index (χ2n) is 7.37. The van der Waals surface area contributed by atoms with Crippen molar-refractivity contribution >= 4 is 18.3 Å². The van der Waals surface area contributed by atoms with Gasteiger partial charge in [-0.15, -0.1) is 12.4 Å². The Morgan fingerprint density at radius 3 is 2.54 bits per heavy atom. The number of amides is 1. The summed E-state index contributed by atoms with van der Waals surface area (Å²) in [6, 6.07) is 5.92. The molecule has 26 heavy (non-hydrogen) atoms. The molecule has 0 aromatic heterocycles. The van der Waals surface area contributed by atoms with Gasteiger partial charge in [-0.05, 0) is 48.9 Å². The van der Waals surface area contributed by atoms with Crippen LogP contribution in [0.15, 0.2) is 18.2 Å². The van der Waals surface area contributed by atoms with Crippen molar-refractivity contribution in [1.29, 1.82) is 0 Å². The Bertz CT molecular complexity index is 603. The van der Waals surface area contributed by atoms with Crippen molar-refractivity contribution in [3.05, 3.63) is 23.8 Å². The van der Waals surface area contributed by atoms with E-state index < -0.39 is 0 Å². The lowest BCUT2D eigenvalue weighted by Crippen LogP contribution is -2.39. The molecule has 0 bridgehead atoms. The Kier molecular flexibility index (Phi) is 7.59. The molecule has 146 valence electrons. The average molecular weight is 383 g/mol. The lowest BCUT2D eigenvalue weighted by molar-refractivity contribution is -0.124. The zero-order valence-electron chi connectivity index (χ0n) is 15.6. The number of hydrogen-bond acceptors (Lipinski definition) is 4. The van der Waals surface area contributed by atoms with Gasteiger partial charge in [0.15, 0.2) is 11.5 Å². The highest BCUT2D eigenvalue weighted by atomic mass is 35.5. The molecule has 1 fully saturated rings. The van der Waals surface area contributed by atoms with Crippen LogP contribution in [-0.2, 0) is 4.79 Å². The van der Waals surface area contributed by atoms with E-state index >= 15 is 0 Å². The van der Waals surface area contributed by atoms with Gasteiger partial charge in [-0.1, -0.05) is 32.3 Å². The first kappa shape index (κ1) is 20.8. The second-order valence-corrected chi connectivity index (χ2v) is 7.37. The Labute approximate surface area is 162 Å². The molecule has 1 aliphatic carbocycles. The molecule has 1 heterocycles. The third-order valence-corrected chi connectivity index (χ3v) is 5.59. The van der Waals surface area contributed by atoms with E-state index in [2.05, 4.69) is 12.2 Å². The molecule has 6 heteroatoms. The average Bonchev–Trinajstić information content (AvgIpc) is 2.66. The van der Waals surface area contributed by atoms with E-state index in [4.69, 9.17) is 15.2 Å². The minimum atomic E-state index is -0.0123. The van der Waals surface area contributed by atoms with E-state index in [1.54, 1.807) is 0 Å². The van der Waals surface area contributed by atoms with E-state index in [1.807, 2.05) is 18.2 Å². The lowest BCUT2D eigenvalue weighted by atomic mass is 9.71. The first-order chi connectivity index (χ1) is 12.2. The molecule has 0 spiro atoms. The summed E-state index contributed by atoms with van der Waals surface area (Å²) >= 11 is 0. The van der Waals surface area contributed by atoms with Crippen molar-refractivity contribution in [3.63, 3.8) is 0 Å². The van der Waals surface area contributed by atoms with Gasteiger partial charge in [0.2, 0.25) is 5.91 Å². The van der Waals surface area contributed by atoms with Crippen molar-refractivity contribution in [2.75, 3.05) is 19.8 Å². The molecule has 2 aliphatic rings. The summed E-state index contributed by atoms with van der Waals surface area (Å²) in [5, 5.41) is 3.21. The third kappa shape index (κ3) is 4.83. The van der Waals surface area contributed by atoms with Crippen LogP contribution in [0, 0.1) is 5.41 Å². The summed E-state index contributed by atoms with van der Waals surface area (Å²) in [7, 11) is 0. The van der Waals surface area contributed by atoms with Gasteiger partial charge in [0.25, 0.3) is 0 Å². The number of ether oxygens (including phenoxy) is 2. The van der Waals surface area contributed by atoms with Crippen molar-refractivity contribution in [2.45, 2.75) is 57.9 Å². The van der Waals surface area contributed by atoms with Gasteiger partial charge in [0.1, 0.15) is 13.2 Å². The summed E-state index contributed by atoms with van der Waals surface area (Å²) < 4.78 is 11.2. The van der Waals surface area contributed by atoms with E-state index in [9.17, 15) is 4.79 Å². The number of benzene rings is 1. The van der Waals surface area contributed by atoms with Gasteiger partial charge >= 0.3 is 0 Å². The summed E-state index contributed by atoms with van der Waals surface area (Å²) in [6.45, 7) is 3.84. The molecule has 1 aromatic rings. The van der Waals surface area contributed by atoms with Crippen LogP contribution in [0.4, 0.5) is 0 Å². The highest BCUT2D eigenvalue weighted by Gasteiger charge is 2.33. The van der Waals surface area contributed by atoms with Crippen molar-refractivity contribution < 1.29 is 14.3 Å². The minimum absolute atomic E-state index is 0. The van der Waals surface area contributed by atoms with Crippen LogP contribution >= 0.6 is 12.4 Å². The van der Waals surface area contributed by atoms with Gasteiger partial charge in [-0.2, -0.15) is 0 Å². The molecule has 1 amide bonds. The van der Waals surface area contributed by atoms with E-state index in [0.717, 1.165) is 36.3 Å². The Balaban J connectivity index is 0.00000243. The fourth-order valence-corrected chi connectivity index (χ4v) is 4.04. The van der Waals surface area contributed by atoms with E-state index in [0.29, 0.717) is 26.2 Å². The van der Waals surface area contributed by atoms with Crippen LogP contribution in [0.1, 0.15) is 63.5 Å². The Morgan fingerprint density at radius 2 is 1.88 bits per heavy atom. The third-order valence-electron chi connectivity index (χ3n) is 5.59. The summed E-state index contributed by atoms with van der Waals surface area (Å²) in [6.07, 6.45) is 7.13. The van der Waals surface area contributed by atoms with Crippen LogP contribution in [-0.4, -0.2) is 25.7 Å². The summed E-state index contributed by atoms with van der Waals surface area (Å²) in [4.78, 5) is 12.7. The standard InChI is InChI=1S/C20H30N2O3.ClH/c1-2-16(15-6-7-17-18(12-15)25-11-10-24-17)22-19(23)13-20(14-21)8-4-3-5-9-20;/h6-7,12,16H,2-5,8-11,13-14,21H2,1H3,(H,22,23);1H. The largest absolute Gasteiger partial charge is 0.486 e. The zero-order valence-corrected chi connectivity index (χ0v) is 16.4. The SMILES string of the molecule is CCC(NC(=O)CC1(CN)CCCCC1)c1ccc2c(c1)OCCO2.Cl. The Hall–Kier alpha value is -1.46. The fourth-order valence-electron chi connectivity index (χ4n) is 4.04. The number of nitrogens with two attached hydrogens (primary N) is 1. The summed E-state index contributed by atoms with van der Waals surface area (Å²) in [5.41, 5.74) is 7.08. The highest BCUT2D eigenvalue weighted by Crippen LogP contribution is 2.39. The van der Waals surface area contributed by atoms with Gasteiger partial charge < -0.3 is 20.5 Å². The second kappa shape index (κ2) is 9.47. The number of nitrogens with one attached hydrogen (secondary N) is 1.